The van der Waals surface area contributed by atoms with Gasteiger partial charge >= 0.3 is 0 Å². The van der Waals surface area contributed by atoms with Gasteiger partial charge in [-0.2, -0.15) is 8.61 Å². The molecule has 0 spiro atoms. The molecule has 0 bridgehead atoms. The standard InChI is InChI=1S/C23H32N2O6S2/c1-6-30-22-10-8-20(14-17(22)3)32(26,27)24-12-13-25(19(5)16-24)33(28,29)21-9-11-23(31-7-2)18(4)15-21/h8-11,14-15,19H,6-7,12-13,16H2,1-5H3/t19-/m1/s1. The number of nitrogens with zero attached hydrogens (tertiary/aromatic N) is 2. The van der Waals surface area contributed by atoms with Crippen LogP contribution in [0.25, 0.3) is 0 Å². The summed E-state index contributed by atoms with van der Waals surface area (Å²) in [6.07, 6.45) is 0. The first-order valence-electron chi connectivity index (χ1n) is 11.0. The maximum Gasteiger partial charge on any atom is 0.243 e. The van der Waals surface area contributed by atoms with E-state index in [-0.39, 0.29) is 29.4 Å². The minimum atomic E-state index is -3.78. The van der Waals surface area contributed by atoms with Crippen LogP contribution in [-0.4, -0.2) is 64.3 Å². The van der Waals surface area contributed by atoms with Gasteiger partial charge in [-0.1, -0.05) is 0 Å². The monoisotopic (exact) mass is 496 g/mol. The molecule has 1 aliphatic rings. The molecule has 1 fully saturated rings. The molecular formula is C23H32N2O6S2. The van der Waals surface area contributed by atoms with Gasteiger partial charge in [-0.25, -0.2) is 16.8 Å². The van der Waals surface area contributed by atoms with Crippen LogP contribution in [0.4, 0.5) is 0 Å². The summed E-state index contributed by atoms with van der Waals surface area (Å²) in [7, 11) is -7.54. The predicted molar refractivity (Wildman–Crippen MR) is 127 cm³/mol. The van der Waals surface area contributed by atoms with E-state index in [1.165, 1.54) is 20.7 Å². The summed E-state index contributed by atoms with van der Waals surface area (Å²) < 4.78 is 66.8. The number of benzene rings is 2. The van der Waals surface area contributed by atoms with Crippen LogP contribution in [0.3, 0.4) is 0 Å². The maximum absolute atomic E-state index is 13.3. The van der Waals surface area contributed by atoms with Crippen LogP contribution in [0.15, 0.2) is 46.2 Å². The summed E-state index contributed by atoms with van der Waals surface area (Å²) >= 11 is 0. The van der Waals surface area contributed by atoms with Crippen LogP contribution in [0, 0.1) is 13.8 Å². The zero-order valence-electron chi connectivity index (χ0n) is 19.7. The fourth-order valence-corrected chi connectivity index (χ4v) is 7.26. The summed E-state index contributed by atoms with van der Waals surface area (Å²) in [6.45, 7) is 10.3. The Hall–Kier alpha value is -2.14. The zero-order valence-corrected chi connectivity index (χ0v) is 21.4. The number of hydrogen-bond donors (Lipinski definition) is 0. The summed E-state index contributed by atoms with van der Waals surface area (Å²) in [6, 6.07) is 9.05. The molecule has 0 aromatic heterocycles. The fraction of sp³-hybridized carbons (Fsp3) is 0.478. The van der Waals surface area contributed by atoms with Gasteiger partial charge < -0.3 is 9.47 Å². The highest BCUT2D eigenvalue weighted by atomic mass is 32.2. The Morgan fingerprint density at radius 2 is 1.30 bits per heavy atom. The molecule has 0 radical (unpaired) electrons. The van der Waals surface area contributed by atoms with Crippen LogP contribution in [0.5, 0.6) is 11.5 Å². The second-order valence-electron chi connectivity index (χ2n) is 8.05. The average Bonchev–Trinajstić information content (AvgIpc) is 2.76. The second-order valence-corrected chi connectivity index (χ2v) is 11.9. The third-order valence-electron chi connectivity index (χ3n) is 5.67. The highest BCUT2D eigenvalue weighted by Gasteiger charge is 2.38. The number of hydrogen-bond acceptors (Lipinski definition) is 6. The average molecular weight is 497 g/mol. The van der Waals surface area contributed by atoms with Crippen molar-refractivity contribution in [1.82, 2.24) is 8.61 Å². The van der Waals surface area contributed by atoms with Crippen molar-refractivity contribution in [3.63, 3.8) is 0 Å². The topological polar surface area (TPSA) is 93.2 Å². The van der Waals surface area contributed by atoms with Gasteiger partial charge in [0.25, 0.3) is 0 Å². The van der Waals surface area contributed by atoms with Crippen LogP contribution in [0.1, 0.15) is 31.9 Å². The van der Waals surface area contributed by atoms with E-state index in [9.17, 15) is 16.8 Å². The Morgan fingerprint density at radius 3 is 1.73 bits per heavy atom. The van der Waals surface area contributed by atoms with Crippen molar-refractivity contribution < 1.29 is 26.3 Å². The second kappa shape index (κ2) is 10.0. The van der Waals surface area contributed by atoms with Gasteiger partial charge in [0.2, 0.25) is 20.0 Å². The molecule has 33 heavy (non-hydrogen) atoms. The quantitative estimate of drug-likeness (QED) is 0.557. The van der Waals surface area contributed by atoms with Gasteiger partial charge in [0.05, 0.1) is 23.0 Å². The van der Waals surface area contributed by atoms with E-state index in [1.807, 2.05) is 13.8 Å². The Bertz CT molecular complexity index is 1210. The largest absolute Gasteiger partial charge is 0.494 e. The predicted octanol–water partition coefficient (Wildman–Crippen LogP) is 3.18. The van der Waals surface area contributed by atoms with Crippen LogP contribution < -0.4 is 9.47 Å². The Kier molecular flexibility index (Phi) is 7.73. The van der Waals surface area contributed by atoms with Crippen molar-refractivity contribution in [3.05, 3.63) is 47.5 Å². The summed E-state index contributed by atoms with van der Waals surface area (Å²) in [5.74, 6) is 1.29. The molecule has 1 atom stereocenters. The van der Waals surface area contributed by atoms with Gasteiger partial charge in [-0.05, 0) is 82.1 Å². The SMILES string of the molecule is CCOc1ccc(S(=O)(=O)N2CCN(S(=O)(=O)c3ccc(OCC)c(C)c3)[C@H](C)C2)cc1C. The lowest BCUT2D eigenvalue weighted by Crippen LogP contribution is -2.55. The fourth-order valence-electron chi connectivity index (χ4n) is 3.97. The third kappa shape index (κ3) is 5.18. The molecule has 3 rings (SSSR count). The lowest BCUT2D eigenvalue weighted by molar-refractivity contribution is 0.212. The summed E-state index contributed by atoms with van der Waals surface area (Å²) in [5, 5.41) is 0. The Labute approximate surface area is 197 Å². The molecule has 0 saturated carbocycles. The first-order valence-corrected chi connectivity index (χ1v) is 13.9. The van der Waals surface area contributed by atoms with E-state index < -0.39 is 26.1 Å². The van der Waals surface area contributed by atoms with Crippen molar-refractivity contribution in [1.29, 1.82) is 0 Å². The van der Waals surface area contributed by atoms with Gasteiger partial charge in [-0.3, -0.25) is 0 Å². The molecule has 0 amide bonds. The molecular weight excluding hydrogens is 464 g/mol. The normalized spacial score (nSPS) is 18.3. The highest BCUT2D eigenvalue weighted by molar-refractivity contribution is 7.89. The van der Waals surface area contributed by atoms with E-state index in [2.05, 4.69) is 0 Å². The third-order valence-corrected chi connectivity index (χ3v) is 9.54. The smallest absolute Gasteiger partial charge is 0.243 e. The minimum Gasteiger partial charge on any atom is -0.494 e. The molecule has 0 aliphatic carbocycles. The van der Waals surface area contributed by atoms with Crippen LogP contribution in [0.2, 0.25) is 0 Å². The van der Waals surface area contributed by atoms with Crippen molar-refractivity contribution in [2.75, 3.05) is 32.8 Å². The van der Waals surface area contributed by atoms with Gasteiger partial charge in [0, 0.05) is 25.7 Å². The maximum atomic E-state index is 13.3. The van der Waals surface area contributed by atoms with Crippen molar-refractivity contribution in [2.45, 2.75) is 50.5 Å². The molecule has 1 heterocycles. The van der Waals surface area contributed by atoms with Crippen LogP contribution in [-0.2, 0) is 20.0 Å². The molecule has 0 unspecified atom stereocenters. The lowest BCUT2D eigenvalue weighted by Gasteiger charge is -2.38. The van der Waals surface area contributed by atoms with Crippen molar-refractivity contribution in [2.24, 2.45) is 0 Å². The molecule has 1 saturated heterocycles. The van der Waals surface area contributed by atoms with E-state index in [0.29, 0.717) is 24.7 Å². The minimum absolute atomic E-state index is 0.0732. The van der Waals surface area contributed by atoms with Gasteiger partial charge in [0.1, 0.15) is 11.5 Å². The Morgan fingerprint density at radius 1 is 0.818 bits per heavy atom. The number of sulfonamides is 2. The van der Waals surface area contributed by atoms with E-state index in [4.69, 9.17) is 9.47 Å². The number of piperazine rings is 1. The van der Waals surface area contributed by atoms with Crippen molar-refractivity contribution in [3.8, 4) is 11.5 Å². The lowest BCUT2D eigenvalue weighted by atomic mass is 10.2. The molecule has 2 aromatic rings. The van der Waals surface area contributed by atoms with Gasteiger partial charge in [-0.15, -0.1) is 0 Å². The van der Waals surface area contributed by atoms with Crippen LogP contribution >= 0.6 is 0 Å². The van der Waals surface area contributed by atoms with E-state index in [1.54, 1.807) is 45.0 Å². The van der Waals surface area contributed by atoms with Crippen molar-refractivity contribution >= 4 is 20.0 Å². The van der Waals surface area contributed by atoms with Gasteiger partial charge in [0.15, 0.2) is 0 Å². The van der Waals surface area contributed by atoms with E-state index >= 15 is 0 Å². The zero-order chi connectivity index (χ0) is 24.4. The number of ether oxygens (including phenoxy) is 2. The summed E-state index contributed by atoms with van der Waals surface area (Å²) in [5.41, 5.74) is 1.47. The highest BCUT2D eigenvalue weighted by Crippen LogP contribution is 2.29. The molecule has 182 valence electrons. The van der Waals surface area contributed by atoms with E-state index in [0.717, 1.165) is 11.1 Å². The number of aryl methyl sites for hydroxylation is 2. The summed E-state index contributed by atoms with van der Waals surface area (Å²) in [4.78, 5) is 0.350. The molecule has 1 aliphatic heterocycles. The number of rotatable bonds is 8. The molecule has 8 nitrogen and oxygen atoms in total. The molecule has 0 N–H and O–H groups in total. The first kappa shape index (κ1) is 25.5. The molecule has 2 aromatic carbocycles. The first-order chi connectivity index (χ1) is 15.5. The Balaban J connectivity index is 1.80. The molecule has 10 heteroatoms.